The fraction of sp³-hybridized carbons (Fsp3) is 0.200. The molecule has 0 aliphatic carbocycles. The molecule has 1 aliphatic rings. The molecule has 4 aromatic rings. The number of amides is 1. The summed E-state index contributed by atoms with van der Waals surface area (Å²) in [4.78, 5) is 14.1. The maximum absolute atomic E-state index is 11.6. The van der Waals surface area contributed by atoms with Crippen LogP contribution in [0, 0.1) is 0 Å². The van der Waals surface area contributed by atoms with Crippen LogP contribution < -0.4 is 5.32 Å². The van der Waals surface area contributed by atoms with Gasteiger partial charge in [-0.15, -0.1) is 0 Å². The summed E-state index contributed by atoms with van der Waals surface area (Å²) in [6.07, 6.45) is 0. The van der Waals surface area contributed by atoms with E-state index in [-0.39, 0.29) is 5.91 Å². The van der Waals surface area contributed by atoms with Crippen LogP contribution in [0.3, 0.4) is 0 Å². The number of benzene rings is 3. The van der Waals surface area contributed by atoms with Gasteiger partial charge in [0.05, 0.1) is 11.4 Å². The number of hydrogen-bond acceptors (Lipinski definition) is 3. The molecule has 150 valence electrons. The van der Waals surface area contributed by atoms with Gasteiger partial charge in [-0.25, -0.2) is 0 Å². The summed E-state index contributed by atoms with van der Waals surface area (Å²) < 4.78 is 0. The smallest absolute Gasteiger partial charge is 0.221 e. The third kappa shape index (κ3) is 3.27. The number of aromatic amines is 1. The molecule has 0 bridgehead atoms. The Morgan fingerprint density at radius 1 is 1.07 bits per heavy atom. The molecular formula is C25H24N4O. The maximum Gasteiger partial charge on any atom is 0.221 e. The summed E-state index contributed by atoms with van der Waals surface area (Å²) >= 11 is 0. The molecule has 1 atom stereocenters. The van der Waals surface area contributed by atoms with Crippen molar-refractivity contribution in [2.45, 2.75) is 33.0 Å². The summed E-state index contributed by atoms with van der Waals surface area (Å²) in [6.45, 7) is 5.47. The molecule has 0 saturated heterocycles. The quantitative estimate of drug-likeness (QED) is 0.494. The first-order chi connectivity index (χ1) is 14.6. The molecule has 0 saturated carbocycles. The number of H-pyrrole nitrogens is 1. The first-order valence-electron chi connectivity index (χ1n) is 10.3. The average molecular weight is 396 g/mol. The Hall–Kier alpha value is -3.44. The van der Waals surface area contributed by atoms with E-state index in [0.717, 1.165) is 40.8 Å². The highest BCUT2D eigenvalue weighted by atomic mass is 16.1. The molecule has 1 unspecified atom stereocenters. The molecule has 1 amide bonds. The van der Waals surface area contributed by atoms with Crippen LogP contribution in [0.1, 0.15) is 36.7 Å². The van der Waals surface area contributed by atoms with Crippen LogP contribution >= 0.6 is 0 Å². The van der Waals surface area contributed by atoms with Gasteiger partial charge in [0.1, 0.15) is 0 Å². The molecular weight excluding hydrogens is 372 g/mol. The van der Waals surface area contributed by atoms with Crippen molar-refractivity contribution in [3.8, 4) is 11.3 Å². The SMILES string of the molecule is CC(=O)Nc1cc(-c2n[nH]c3c2CN(C(C)c2ccccc2)C3)c2ccccc2c1. The number of hydrogen-bond donors (Lipinski definition) is 2. The maximum atomic E-state index is 11.6. The van der Waals surface area contributed by atoms with Crippen LogP contribution in [0.25, 0.3) is 22.0 Å². The number of aromatic nitrogens is 2. The topological polar surface area (TPSA) is 61.0 Å². The van der Waals surface area contributed by atoms with Crippen LogP contribution in [-0.4, -0.2) is 21.0 Å². The lowest BCUT2D eigenvalue weighted by Crippen LogP contribution is -2.21. The fourth-order valence-electron chi connectivity index (χ4n) is 4.39. The van der Waals surface area contributed by atoms with E-state index >= 15 is 0 Å². The van der Waals surface area contributed by atoms with Gasteiger partial charge >= 0.3 is 0 Å². The highest BCUT2D eigenvalue weighted by Gasteiger charge is 2.29. The Morgan fingerprint density at radius 3 is 2.63 bits per heavy atom. The van der Waals surface area contributed by atoms with E-state index in [9.17, 15) is 4.79 Å². The van der Waals surface area contributed by atoms with Gasteiger partial charge in [-0.1, -0.05) is 54.6 Å². The number of carbonyl (C=O) groups excluding carboxylic acids is 1. The van der Waals surface area contributed by atoms with Gasteiger partial charge in [0.2, 0.25) is 5.91 Å². The van der Waals surface area contributed by atoms with Gasteiger partial charge in [-0.2, -0.15) is 5.10 Å². The molecule has 2 N–H and O–H groups in total. The van der Waals surface area contributed by atoms with E-state index in [1.54, 1.807) is 0 Å². The predicted octanol–water partition coefficient (Wildman–Crippen LogP) is 5.27. The van der Waals surface area contributed by atoms with Crippen molar-refractivity contribution in [3.63, 3.8) is 0 Å². The molecule has 30 heavy (non-hydrogen) atoms. The summed E-state index contributed by atoms with van der Waals surface area (Å²) in [5.41, 5.74) is 6.53. The molecule has 5 rings (SSSR count). The minimum absolute atomic E-state index is 0.0775. The number of rotatable bonds is 4. The van der Waals surface area contributed by atoms with Crippen molar-refractivity contribution in [1.29, 1.82) is 0 Å². The number of carbonyl (C=O) groups is 1. The van der Waals surface area contributed by atoms with Crippen molar-refractivity contribution >= 4 is 22.4 Å². The number of anilines is 1. The largest absolute Gasteiger partial charge is 0.326 e. The molecule has 1 aliphatic heterocycles. The third-order valence-electron chi connectivity index (χ3n) is 5.94. The Kier molecular flexibility index (Phi) is 4.60. The van der Waals surface area contributed by atoms with Crippen molar-refractivity contribution in [3.05, 3.63) is 83.6 Å². The van der Waals surface area contributed by atoms with Crippen molar-refractivity contribution < 1.29 is 4.79 Å². The standard InChI is InChI=1S/C25H24N4O/c1-16(18-8-4-3-5-9-18)29-14-23-24(15-29)27-28-25(23)22-13-20(26-17(2)30)12-19-10-6-7-11-21(19)22/h3-13,16H,14-15H2,1-2H3,(H,26,30)(H,27,28). The number of nitrogens with one attached hydrogen (secondary N) is 2. The lowest BCUT2D eigenvalue weighted by Gasteiger charge is -2.24. The van der Waals surface area contributed by atoms with Gasteiger partial charge in [0.25, 0.3) is 0 Å². The summed E-state index contributed by atoms with van der Waals surface area (Å²) in [5, 5.41) is 13.1. The molecule has 5 nitrogen and oxygen atoms in total. The fourth-order valence-corrected chi connectivity index (χ4v) is 4.39. The molecule has 0 radical (unpaired) electrons. The van der Waals surface area contributed by atoms with Crippen molar-refractivity contribution in [1.82, 2.24) is 15.1 Å². The molecule has 1 aromatic heterocycles. The number of nitrogens with zero attached hydrogens (tertiary/aromatic N) is 2. The zero-order valence-electron chi connectivity index (χ0n) is 17.1. The Labute approximate surface area is 175 Å². The number of fused-ring (bicyclic) bond motifs is 2. The van der Waals surface area contributed by atoms with Gasteiger partial charge in [0.15, 0.2) is 0 Å². The van der Waals surface area contributed by atoms with Gasteiger partial charge in [-0.05, 0) is 35.4 Å². The molecule has 3 aromatic carbocycles. The predicted molar refractivity (Wildman–Crippen MR) is 120 cm³/mol. The van der Waals surface area contributed by atoms with E-state index in [4.69, 9.17) is 0 Å². The van der Waals surface area contributed by atoms with Crippen LogP contribution in [0.4, 0.5) is 5.69 Å². The minimum Gasteiger partial charge on any atom is -0.326 e. The second kappa shape index (κ2) is 7.43. The van der Waals surface area contributed by atoms with Gasteiger partial charge in [0, 0.05) is 42.9 Å². The van der Waals surface area contributed by atoms with E-state index in [0.29, 0.717) is 6.04 Å². The lowest BCUT2D eigenvalue weighted by atomic mass is 9.98. The zero-order chi connectivity index (χ0) is 20.7. The van der Waals surface area contributed by atoms with Crippen LogP contribution in [0.15, 0.2) is 66.7 Å². The monoisotopic (exact) mass is 396 g/mol. The van der Waals surface area contributed by atoms with E-state index < -0.39 is 0 Å². The first kappa shape index (κ1) is 18.6. The summed E-state index contributed by atoms with van der Waals surface area (Å²) in [7, 11) is 0. The van der Waals surface area contributed by atoms with E-state index in [1.807, 2.05) is 24.3 Å². The second-order valence-electron chi connectivity index (χ2n) is 7.95. The Balaban J connectivity index is 1.54. The van der Waals surface area contributed by atoms with Crippen molar-refractivity contribution in [2.24, 2.45) is 0 Å². The van der Waals surface area contributed by atoms with E-state index in [1.165, 1.54) is 23.7 Å². The molecule has 0 fully saturated rings. The second-order valence-corrected chi connectivity index (χ2v) is 7.95. The van der Waals surface area contributed by atoms with Crippen LogP contribution in [0.2, 0.25) is 0 Å². The van der Waals surface area contributed by atoms with Crippen molar-refractivity contribution in [2.75, 3.05) is 5.32 Å². The highest BCUT2D eigenvalue weighted by molar-refractivity contribution is 6.01. The third-order valence-corrected chi connectivity index (χ3v) is 5.94. The molecule has 2 heterocycles. The molecule has 0 spiro atoms. The zero-order valence-corrected chi connectivity index (χ0v) is 17.1. The normalized spacial score (nSPS) is 14.6. The lowest BCUT2D eigenvalue weighted by molar-refractivity contribution is -0.114. The van der Waals surface area contributed by atoms with Crippen LogP contribution in [-0.2, 0) is 17.9 Å². The first-order valence-corrected chi connectivity index (χ1v) is 10.3. The minimum atomic E-state index is -0.0775. The summed E-state index contributed by atoms with van der Waals surface area (Å²) in [6, 6.07) is 23.2. The highest BCUT2D eigenvalue weighted by Crippen LogP contribution is 2.38. The molecule has 5 heteroatoms. The van der Waals surface area contributed by atoms with Crippen LogP contribution in [0.5, 0.6) is 0 Å². The van der Waals surface area contributed by atoms with Gasteiger partial charge in [-0.3, -0.25) is 14.8 Å². The Morgan fingerprint density at radius 2 is 1.83 bits per heavy atom. The Bertz CT molecular complexity index is 1230. The average Bonchev–Trinajstić information content (AvgIpc) is 3.34. The summed E-state index contributed by atoms with van der Waals surface area (Å²) in [5.74, 6) is -0.0775. The van der Waals surface area contributed by atoms with Gasteiger partial charge < -0.3 is 5.32 Å². The van der Waals surface area contributed by atoms with E-state index in [2.05, 4.69) is 69.8 Å².